The van der Waals surface area contributed by atoms with Crippen molar-refractivity contribution in [1.29, 1.82) is 0 Å². The number of nitrogens with zero attached hydrogens (tertiary/aromatic N) is 7. The van der Waals surface area contributed by atoms with Gasteiger partial charge in [0.15, 0.2) is 0 Å². The smallest absolute Gasteiger partial charge is 0.259 e. The molecule has 166 valence electrons. The van der Waals surface area contributed by atoms with Gasteiger partial charge in [0, 0.05) is 31.6 Å². The lowest BCUT2D eigenvalue weighted by Crippen LogP contribution is -2.62. The maximum Gasteiger partial charge on any atom is 0.259 e. The molecule has 2 aromatic heterocycles. The Kier molecular flexibility index (Phi) is 5.34. The van der Waals surface area contributed by atoms with Crippen LogP contribution in [0, 0.1) is 28.6 Å². The van der Waals surface area contributed by atoms with Crippen LogP contribution < -0.4 is 4.90 Å². The van der Waals surface area contributed by atoms with Crippen LogP contribution in [0.25, 0.3) is 5.69 Å². The van der Waals surface area contributed by atoms with Crippen LogP contribution >= 0.6 is 22.6 Å². The Bertz CT molecular complexity index is 1140. The third-order valence-electron chi connectivity index (χ3n) is 6.46. The lowest BCUT2D eigenvalue weighted by molar-refractivity contribution is -0.00831. The van der Waals surface area contributed by atoms with Crippen LogP contribution in [0.3, 0.4) is 0 Å². The molecule has 0 bridgehead atoms. The van der Waals surface area contributed by atoms with Crippen molar-refractivity contribution in [3.05, 3.63) is 56.9 Å². The normalized spacial score (nSPS) is 17.5. The Morgan fingerprint density at radius 1 is 1.06 bits per heavy atom. The fraction of sp³-hybridized carbons (Fsp3) is 0.409. The van der Waals surface area contributed by atoms with Crippen LogP contribution in [-0.2, 0) is 0 Å². The van der Waals surface area contributed by atoms with E-state index in [-0.39, 0.29) is 16.9 Å². The molecule has 0 saturated carbocycles. The highest BCUT2D eigenvalue weighted by Crippen LogP contribution is 2.42. The van der Waals surface area contributed by atoms with Crippen LogP contribution in [0.5, 0.6) is 0 Å². The maximum absolute atomic E-state index is 14.6. The second-order valence-corrected chi connectivity index (χ2v) is 9.69. The molecular weight excluding hydrogens is 524 g/mol. The number of aromatic nitrogens is 5. The topological polar surface area (TPSA) is 80.0 Å². The number of amides is 1. The first-order valence-corrected chi connectivity index (χ1v) is 11.6. The van der Waals surface area contributed by atoms with E-state index in [0.29, 0.717) is 18.8 Å². The maximum atomic E-state index is 14.6. The molecule has 2 aliphatic rings. The number of benzene rings is 1. The van der Waals surface area contributed by atoms with Gasteiger partial charge in [0.05, 0.1) is 27.4 Å². The number of piperidine rings is 1. The van der Waals surface area contributed by atoms with E-state index in [9.17, 15) is 9.18 Å². The Hall–Kier alpha value is -2.63. The van der Waals surface area contributed by atoms with Crippen molar-refractivity contribution in [1.82, 2.24) is 29.9 Å². The molecule has 1 amide bonds. The van der Waals surface area contributed by atoms with Crippen molar-refractivity contribution in [3.8, 4) is 5.69 Å². The molecule has 4 heterocycles. The SMILES string of the molecule is Cc1nc(N2CCC3(CC2)CN(C(=O)c2c(F)cccc2-n2nccn2)C3)nc(C)c1I. The summed E-state index contributed by atoms with van der Waals surface area (Å²) in [6, 6.07) is 4.53. The minimum absolute atomic E-state index is 0.0224. The lowest BCUT2D eigenvalue weighted by atomic mass is 9.71. The Labute approximate surface area is 199 Å². The van der Waals surface area contributed by atoms with E-state index in [1.807, 2.05) is 13.8 Å². The van der Waals surface area contributed by atoms with Gasteiger partial charge in [-0.3, -0.25) is 4.79 Å². The summed E-state index contributed by atoms with van der Waals surface area (Å²) in [7, 11) is 0. The van der Waals surface area contributed by atoms with Crippen molar-refractivity contribution in [2.75, 3.05) is 31.1 Å². The molecule has 32 heavy (non-hydrogen) atoms. The Balaban J connectivity index is 1.27. The first-order chi connectivity index (χ1) is 15.4. The van der Waals surface area contributed by atoms with E-state index in [0.717, 1.165) is 46.8 Å². The lowest BCUT2D eigenvalue weighted by Gasteiger charge is -2.54. The summed E-state index contributed by atoms with van der Waals surface area (Å²) in [5, 5.41) is 8.12. The zero-order valence-corrected chi connectivity index (χ0v) is 20.1. The van der Waals surface area contributed by atoms with Crippen molar-refractivity contribution in [2.24, 2.45) is 5.41 Å². The van der Waals surface area contributed by atoms with Crippen LogP contribution in [0.15, 0.2) is 30.6 Å². The number of halogens is 2. The third-order valence-corrected chi connectivity index (χ3v) is 8.02. The Morgan fingerprint density at radius 2 is 1.69 bits per heavy atom. The van der Waals surface area contributed by atoms with Crippen molar-refractivity contribution >= 4 is 34.4 Å². The molecule has 0 atom stereocenters. The number of likely N-dealkylation sites (tertiary alicyclic amines) is 1. The molecule has 3 aromatic rings. The summed E-state index contributed by atoms with van der Waals surface area (Å²) in [6.07, 6.45) is 4.92. The molecule has 0 aliphatic carbocycles. The average molecular weight is 547 g/mol. The number of hydrogen-bond acceptors (Lipinski definition) is 6. The van der Waals surface area contributed by atoms with Crippen LogP contribution in [0.4, 0.5) is 10.3 Å². The standard InChI is InChI=1S/C22H23FIN7O/c1-14-19(24)15(2)28-21(27-14)29-10-6-22(7-11-29)12-30(13-22)20(32)18-16(23)4-3-5-17(18)31-25-8-9-26-31/h3-5,8-9H,6-7,10-13H2,1-2H3. The van der Waals surface area contributed by atoms with Crippen LogP contribution in [0.1, 0.15) is 34.6 Å². The monoisotopic (exact) mass is 547 g/mol. The minimum Gasteiger partial charge on any atom is -0.341 e. The molecule has 2 fully saturated rings. The summed E-state index contributed by atoms with van der Waals surface area (Å²) in [5.74, 6) is -0.0805. The summed E-state index contributed by atoms with van der Waals surface area (Å²) in [6.45, 7) is 6.98. The molecule has 1 spiro atoms. The number of hydrogen-bond donors (Lipinski definition) is 0. The van der Waals surface area contributed by atoms with Gasteiger partial charge in [-0.1, -0.05) is 6.07 Å². The molecule has 0 radical (unpaired) electrons. The predicted molar refractivity (Wildman–Crippen MR) is 125 cm³/mol. The predicted octanol–water partition coefficient (Wildman–Crippen LogP) is 3.16. The van der Waals surface area contributed by atoms with E-state index in [1.165, 1.54) is 23.3 Å². The van der Waals surface area contributed by atoms with E-state index < -0.39 is 5.82 Å². The number of rotatable bonds is 3. The zero-order chi connectivity index (χ0) is 22.5. The first kappa shape index (κ1) is 21.2. The molecule has 1 aromatic carbocycles. The van der Waals surface area contributed by atoms with E-state index in [4.69, 9.17) is 0 Å². The molecule has 2 aliphatic heterocycles. The van der Waals surface area contributed by atoms with Crippen LogP contribution in [-0.4, -0.2) is 61.9 Å². The quantitative estimate of drug-likeness (QED) is 0.469. The summed E-state index contributed by atoms with van der Waals surface area (Å²) < 4.78 is 15.7. The van der Waals surface area contributed by atoms with Gasteiger partial charge >= 0.3 is 0 Å². The molecular formula is C22H23FIN7O. The second-order valence-electron chi connectivity index (χ2n) is 8.61. The molecule has 0 N–H and O–H groups in total. The van der Waals surface area contributed by atoms with Gasteiger partial charge in [-0.05, 0) is 61.4 Å². The van der Waals surface area contributed by atoms with Gasteiger partial charge < -0.3 is 9.80 Å². The summed E-state index contributed by atoms with van der Waals surface area (Å²) in [4.78, 5) is 27.7. The van der Waals surface area contributed by atoms with E-state index >= 15 is 0 Å². The van der Waals surface area contributed by atoms with Gasteiger partial charge in [-0.25, -0.2) is 14.4 Å². The van der Waals surface area contributed by atoms with Crippen molar-refractivity contribution in [2.45, 2.75) is 26.7 Å². The van der Waals surface area contributed by atoms with E-state index in [1.54, 1.807) is 17.0 Å². The average Bonchev–Trinajstić information content (AvgIpc) is 3.30. The van der Waals surface area contributed by atoms with Gasteiger partial charge in [-0.15, -0.1) is 0 Å². The highest BCUT2D eigenvalue weighted by atomic mass is 127. The molecule has 10 heteroatoms. The second kappa shape index (κ2) is 8.05. The highest BCUT2D eigenvalue weighted by Gasteiger charge is 2.47. The van der Waals surface area contributed by atoms with Crippen molar-refractivity contribution < 1.29 is 9.18 Å². The number of anilines is 1. The van der Waals surface area contributed by atoms with Gasteiger partial charge in [0.1, 0.15) is 17.1 Å². The number of carbonyl (C=O) groups excluding carboxylic acids is 1. The minimum atomic E-state index is -0.554. The third kappa shape index (κ3) is 3.63. The summed E-state index contributed by atoms with van der Waals surface area (Å²) >= 11 is 2.28. The van der Waals surface area contributed by atoms with Crippen molar-refractivity contribution in [3.63, 3.8) is 0 Å². The molecule has 8 nitrogen and oxygen atoms in total. The first-order valence-electron chi connectivity index (χ1n) is 10.6. The fourth-order valence-electron chi connectivity index (χ4n) is 4.62. The highest BCUT2D eigenvalue weighted by molar-refractivity contribution is 14.1. The Morgan fingerprint density at radius 3 is 2.31 bits per heavy atom. The van der Waals surface area contributed by atoms with Gasteiger partial charge in [0.2, 0.25) is 5.95 Å². The molecule has 5 rings (SSSR count). The molecule has 2 saturated heterocycles. The van der Waals surface area contributed by atoms with Gasteiger partial charge in [0.25, 0.3) is 5.91 Å². The number of aryl methyl sites for hydroxylation is 2. The van der Waals surface area contributed by atoms with Gasteiger partial charge in [-0.2, -0.15) is 15.0 Å². The largest absolute Gasteiger partial charge is 0.341 e. The zero-order valence-electron chi connectivity index (χ0n) is 17.9. The van der Waals surface area contributed by atoms with E-state index in [2.05, 4.69) is 47.7 Å². The molecule has 0 unspecified atom stereocenters. The summed E-state index contributed by atoms with van der Waals surface area (Å²) in [5.41, 5.74) is 2.46. The van der Waals surface area contributed by atoms with Crippen LogP contribution in [0.2, 0.25) is 0 Å². The fourth-order valence-corrected chi connectivity index (χ4v) is 4.86. The number of carbonyl (C=O) groups is 1.